The molecule has 0 aliphatic heterocycles. The molecule has 0 fully saturated rings. The van der Waals surface area contributed by atoms with Crippen molar-refractivity contribution >= 4 is 5.97 Å². The van der Waals surface area contributed by atoms with Gasteiger partial charge in [0, 0.05) is 17.5 Å². The Morgan fingerprint density at radius 2 is 1.25 bits per heavy atom. The van der Waals surface area contributed by atoms with Crippen LogP contribution in [0.25, 0.3) is 28.2 Å². The number of para-hydroxylation sites is 1. The fourth-order valence-electron chi connectivity index (χ4n) is 4.82. The van der Waals surface area contributed by atoms with E-state index in [9.17, 15) is 4.79 Å². The molecule has 4 aromatic rings. The van der Waals surface area contributed by atoms with Crippen LogP contribution in [0.3, 0.4) is 0 Å². The van der Waals surface area contributed by atoms with E-state index in [1.165, 1.54) is 12.8 Å². The fraction of sp³-hybridized carbons (Fsp3) is 0.371. The lowest BCUT2D eigenvalue weighted by Crippen LogP contribution is -2.06. The van der Waals surface area contributed by atoms with Crippen molar-refractivity contribution in [2.24, 2.45) is 0 Å². The third-order valence-electron chi connectivity index (χ3n) is 6.97. The van der Waals surface area contributed by atoms with Gasteiger partial charge in [0.05, 0.1) is 24.6 Å². The molecule has 0 N–H and O–H groups in total. The Morgan fingerprint density at radius 1 is 0.675 bits per heavy atom. The Morgan fingerprint density at radius 3 is 1.95 bits per heavy atom. The van der Waals surface area contributed by atoms with E-state index in [0.717, 1.165) is 73.1 Å². The molecule has 3 aromatic carbocycles. The summed E-state index contributed by atoms with van der Waals surface area (Å²) >= 11 is 0. The van der Waals surface area contributed by atoms with Crippen LogP contribution in [0.2, 0.25) is 0 Å². The zero-order chi connectivity index (χ0) is 27.8. The second-order valence-electron chi connectivity index (χ2n) is 10.1. The molecule has 0 bridgehead atoms. The van der Waals surface area contributed by atoms with Crippen molar-refractivity contribution in [3.8, 4) is 34.2 Å². The highest BCUT2D eigenvalue weighted by molar-refractivity contribution is 5.81. The number of benzene rings is 3. The minimum Gasteiger partial charge on any atom is -0.466 e. The van der Waals surface area contributed by atoms with Crippen LogP contribution in [0.1, 0.15) is 71.1 Å². The van der Waals surface area contributed by atoms with Crippen LogP contribution in [0.4, 0.5) is 0 Å². The fourth-order valence-corrected chi connectivity index (χ4v) is 4.82. The molecular formula is C35H42N2O3. The average molecular weight is 539 g/mol. The Kier molecular flexibility index (Phi) is 11.9. The summed E-state index contributed by atoms with van der Waals surface area (Å²) in [5.41, 5.74) is 5.09. The highest BCUT2D eigenvalue weighted by Crippen LogP contribution is 2.37. The summed E-state index contributed by atoms with van der Waals surface area (Å²) in [6.07, 6.45) is 10.00. The maximum absolute atomic E-state index is 11.9. The molecule has 0 radical (unpaired) electrons. The zero-order valence-electron chi connectivity index (χ0n) is 23.8. The number of unbranched alkanes of at least 4 members (excludes halogenated alkanes) is 7. The number of hydrogen-bond acceptors (Lipinski definition) is 4. The zero-order valence-corrected chi connectivity index (χ0v) is 23.8. The molecule has 40 heavy (non-hydrogen) atoms. The van der Waals surface area contributed by atoms with E-state index in [2.05, 4.69) is 60.0 Å². The van der Waals surface area contributed by atoms with Gasteiger partial charge in [0.25, 0.3) is 0 Å². The van der Waals surface area contributed by atoms with Crippen LogP contribution in [0.5, 0.6) is 6.01 Å². The van der Waals surface area contributed by atoms with Gasteiger partial charge in [-0.2, -0.15) is 4.98 Å². The first-order chi connectivity index (χ1) is 19.8. The SMILES string of the molecule is CCCCCCOC(=O)CCCCCCCOc1nc(-c2ccccc2)c(-c2ccccc2)n1-c1ccccc1. The Bertz CT molecular complexity index is 1270. The number of carbonyl (C=O) groups excluding carboxylic acids is 1. The largest absolute Gasteiger partial charge is 0.466 e. The van der Waals surface area contributed by atoms with Crippen LogP contribution >= 0.6 is 0 Å². The van der Waals surface area contributed by atoms with Gasteiger partial charge >= 0.3 is 12.0 Å². The van der Waals surface area contributed by atoms with Crippen LogP contribution in [-0.2, 0) is 9.53 Å². The van der Waals surface area contributed by atoms with Gasteiger partial charge in [0.15, 0.2) is 0 Å². The number of hydrogen-bond donors (Lipinski definition) is 0. The van der Waals surface area contributed by atoms with Crippen molar-refractivity contribution in [2.75, 3.05) is 13.2 Å². The number of esters is 1. The smallest absolute Gasteiger partial charge is 0.305 e. The molecule has 1 heterocycles. The Balaban J connectivity index is 1.35. The molecule has 0 saturated carbocycles. The molecular weight excluding hydrogens is 496 g/mol. The summed E-state index contributed by atoms with van der Waals surface area (Å²) in [4.78, 5) is 16.9. The Labute approximate surface area is 239 Å². The van der Waals surface area contributed by atoms with Crippen molar-refractivity contribution in [1.29, 1.82) is 0 Å². The molecule has 0 unspecified atom stereocenters. The van der Waals surface area contributed by atoms with Crippen molar-refractivity contribution in [2.45, 2.75) is 71.1 Å². The van der Waals surface area contributed by atoms with Gasteiger partial charge in [-0.25, -0.2) is 0 Å². The number of imidazole rings is 1. The summed E-state index contributed by atoms with van der Waals surface area (Å²) in [6, 6.07) is 31.6. The van der Waals surface area contributed by atoms with Gasteiger partial charge in [-0.1, -0.05) is 124 Å². The molecule has 0 atom stereocenters. The minimum atomic E-state index is -0.0592. The maximum Gasteiger partial charge on any atom is 0.305 e. The van der Waals surface area contributed by atoms with Gasteiger partial charge in [0.1, 0.15) is 5.69 Å². The predicted molar refractivity (Wildman–Crippen MR) is 163 cm³/mol. The summed E-state index contributed by atoms with van der Waals surface area (Å²) in [6.45, 7) is 3.33. The summed E-state index contributed by atoms with van der Waals surface area (Å²) in [5, 5.41) is 0. The molecule has 0 amide bonds. The first-order valence-electron chi connectivity index (χ1n) is 14.9. The molecule has 5 nitrogen and oxygen atoms in total. The van der Waals surface area contributed by atoms with Gasteiger partial charge in [-0.3, -0.25) is 9.36 Å². The summed E-state index contributed by atoms with van der Waals surface area (Å²) in [5.74, 6) is -0.0592. The van der Waals surface area contributed by atoms with Crippen molar-refractivity contribution in [3.05, 3.63) is 91.0 Å². The van der Waals surface area contributed by atoms with Crippen LogP contribution < -0.4 is 4.74 Å². The van der Waals surface area contributed by atoms with Crippen LogP contribution in [0, 0.1) is 0 Å². The number of nitrogens with zero attached hydrogens (tertiary/aromatic N) is 2. The van der Waals surface area contributed by atoms with Gasteiger partial charge in [-0.15, -0.1) is 0 Å². The average Bonchev–Trinajstić information content (AvgIpc) is 3.39. The lowest BCUT2D eigenvalue weighted by Gasteiger charge is -2.13. The highest BCUT2D eigenvalue weighted by Gasteiger charge is 2.22. The number of carbonyl (C=O) groups is 1. The van der Waals surface area contributed by atoms with E-state index in [1.54, 1.807) is 0 Å². The molecule has 0 spiro atoms. The lowest BCUT2D eigenvalue weighted by molar-refractivity contribution is -0.143. The Hall–Kier alpha value is -3.86. The molecule has 5 heteroatoms. The van der Waals surface area contributed by atoms with E-state index in [-0.39, 0.29) is 5.97 Å². The maximum atomic E-state index is 11.9. The van der Waals surface area contributed by atoms with Gasteiger partial charge in [-0.05, 0) is 31.4 Å². The van der Waals surface area contributed by atoms with Crippen molar-refractivity contribution in [1.82, 2.24) is 9.55 Å². The standard InChI is InChI=1S/C35H42N2O3/c1-2-3-4-18-27-39-32(38)26-17-6-5-7-19-28-40-35-36-33(29-20-11-8-12-21-29)34(30-22-13-9-14-23-30)37(35)31-24-15-10-16-25-31/h8-16,20-25H,2-7,17-19,26-28H2,1H3. The first kappa shape index (κ1) is 29.1. The summed E-state index contributed by atoms with van der Waals surface area (Å²) < 4.78 is 13.8. The van der Waals surface area contributed by atoms with E-state index >= 15 is 0 Å². The molecule has 0 aliphatic carbocycles. The van der Waals surface area contributed by atoms with E-state index in [0.29, 0.717) is 25.6 Å². The second kappa shape index (κ2) is 16.3. The lowest BCUT2D eigenvalue weighted by atomic mass is 10.0. The highest BCUT2D eigenvalue weighted by atomic mass is 16.5. The number of rotatable bonds is 17. The number of aromatic nitrogens is 2. The number of ether oxygens (including phenoxy) is 2. The van der Waals surface area contributed by atoms with E-state index in [4.69, 9.17) is 14.5 Å². The topological polar surface area (TPSA) is 53.4 Å². The van der Waals surface area contributed by atoms with E-state index in [1.807, 2.05) is 42.5 Å². The second-order valence-corrected chi connectivity index (χ2v) is 10.1. The minimum absolute atomic E-state index is 0.0592. The third kappa shape index (κ3) is 8.57. The predicted octanol–water partition coefficient (Wildman–Crippen LogP) is 9.05. The normalized spacial score (nSPS) is 10.9. The van der Waals surface area contributed by atoms with Crippen LogP contribution in [-0.4, -0.2) is 28.7 Å². The van der Waals surface area contributed by atoms with Crippen molar-refractivity contribution in [3.63, 3.8) is 0 Å². The van der Waals surface area contributed by atoms with Gasteiger partial charge < -0.3 is 9.47 Å². The van der Waals surface area contributed by atoms with Gasteiger partial charge in [0.2, 0.25) is 0 Å². The molecule has 4 rings (SSSR count). The monoisotopic (exact) mass is 538 g/mol. The molecule has 1 aromatic heterocycles. The summed E-state index contributed by atoms with van der Waals surface area (Å²) in [7, 11) is 0. The molecule has 210 valence electrons. The van der Waals surface area contributed by atoms with Crippen molar-refractivity contribution < 1.29 is 14.3 Å². The molecule has 0 aliphatic rings. The third-order valence-corrected chi connectivity index (χ3v) is 6.97. The molecule has 0 saturated heterocycles. The first-order valence-corrected chi connectivity index (χ1v) is 14.9. The van der Waals surface area contributed by atoms with E-state index < -0.39 is 0 Å². The quantitative estimate of drug-likeness (QED) is 0.0994. The van der Waals surface area contributed by atoms with Crippen LogP contribution in [0.15, 0.2) is 91.0 Å².